The number of nitriles is 1. The predicted molar refractivity (Wildman–Crippen MR) is 61.3 cm³/mol. The molecule has 1 aromatic carbocycles. The standard InChI is InChI=1S/C11H11ClN2O2/c1-7(11(15)16-2)14-9-4-3-8(6-13)10(12)5-9/h3-5,7,14H,1-2H3. The van der Waals surface area contributed by atoms with Gasteiger partial charge < -0.3 is 10.1 Å². The number of nitrogens with one attached hydrogen (secondary N) is 1. The highest BCUT2D eigenvalue weighted by atomic mass is 35.5. The highest BCUT2D eigenvalue weighted by Gasteiger charge is 2.12. The molecule has 0 amide bonds. The smallest absolute Gasteiger partial charge is 0.327 e. The minimum atomic E-state index is -0.464. The topological polar surface area (TPSA) is 62.1 Å². The molecule has 0 saturated carbocycles. The van der Waals surface area contributed by atoms with Crippen molar-refractivity contribution >= 4 is 23.3 Å². The van der Waals surface area contributed by atoms with E-state index < -0.39 is 6.04 Å². The second-order valence-electron chi connectivity index (χ2n) is 3.20. The molecule has 0 heterocycles. The lowest BCUT2D eigenvalue weighted by atomic mass is 10.2. The molecule has 0 bridgehead atoms. The molecule has 0 aromatic heterocycles. The van der Waals surface area contributed by atoms with Gasteiger partial charge in [0.05, 0.1) is 17.7 Å². The fraction of sp³-hybridized carbons (Fsp3) is 0.273. The van der Waals surface area contributed by atoms with Crippen LogP contribution in [0.4, 0.5) is 5.69 Å². The third kappa shape index (κ3) is 2.88. The fourth-order valence-electron chi connectivity index (χ4n) is 1.18. The number of halogens is 1. The summed E-state index contributed by atoms with van der Waals surface area (Å²) in [6.45, 7) is 1.68. The minimum absolute atomic E-state index is 0.351. The lowest BCUT2D eigenvalue weighted by Crippen LogP contribution is -2.27. The maximum Gasteiger partial charge on any atom is 0.327 e. The molecule has 0 saturated heterocycles. The van der Waals surface area contributed by atoms with Gasteiger partial charge in [0, 0.05) is 5.69 Å². The molecule has 1 N–H and O–H groups in total. The van der Waals surface area contributed by atoms with E-state index in [1.165, 1.54) is 7.11 Å². The van der Waals surface area contributed by atoms with E-state index in [0.717, 1.165) is 0 Å². The third-order valence-electron chi connectivity index (χ3n) is 2.03. The molecule has 4 nitrogen and oxygen atoms in total. The summed E-state index contributed by atoms with van der Waals surface area (Å²) in [4.78, 5) is 11.2. The molecule has 84 valence electrons. The largest absolute Gasteiger partial charge is 0.467 e. The van der Waals surface area contributed by atoms with E-state index in [9.17, 15) is 4.79 Å². The van der Waals surface area contributed by atoms with Gasteiger partial charge in [0.1, 0.15) is 12.1 Å². The van der Waals surface area contributed by atoms with Crippen LogP contribution in [0.25, 0.3) is 0 Å². The molecule has 0 aliphatic rings. The average molecular weight is 239 g/mol. The number of benzene rings is 1. The van der Waals surface area contributed by atoms with E-state index in [0.29, 0.717) is 16.3 Å². The maximum absolute atomic E-state index is 11.2. The highest BCUT2D eigenvalue weighted by Crippen LogP contribution is 2.20. The summed E-state index contributed by atoms with van der Waals surface area (Å²) in [5, 5.41) is 12.0. The molecule has 5 heteroatoms. The molecular formula is C11H11ClN2O2. The first-order valence-corrected chi connectivity index (χ1v) is 5.00. The van der Waals surface area contributed by atoms with Crippen LogP contribution in [0.3, 0.4) is 0 Å². The molecule has 0 aliphatic heterocycles. The normalized spacial score (nSPS) is 11.4. The van der Waals surface area contributed by atoms with Crippen molar-refractivity contribution in [1.29, 1.82) is 5.26 Å². The maximum atomic E-state index is 11.2. The molecule has 1 rings (SSSR count). The van der Waals surface area contributed by atoms with Crippen LogP contribution >= 0.6 is 11.6 Å². The number of anilines is 1. The molecule has 16 heavy (non-hydrogen) atoms. The minimum Gasteiger partial charge on any atom is -0.467 e. The van der Waals surface area contributed by atoms with Crippen LogP contribution in [0, 0.1) is 11.3 Å². The number of methoxy groups -OCH3 is 1. The summed E-state index contributed by atoms with van der Waals surface area (Å²) in [6, 6.07) is 6.37. The Labute approximate surface area is 98.8 Å². The number of hydrogen-bond acceptors (Lipinski definition) is 4. The lowest BCUT2D eigenvalue weighted by Gasteiger charge is -2.13. The summed E-state index contributed by atoms with van der Waals surface area (Å²) in [6.07, 6.45) is 0. The fourth-order valence-corrected chi connectivity index (χ4v) is 1.40. The highest BCUT2D eigenvalue weighted by molar-refractivity contribution is 6.32. The zero-order chi connectivity index (χ0) is 12.1. The van der Waals surface area contributed by atoms with Crippen molar-refractivity contribution in [1.82, 2.24) is 0 Å². The van der Waals surface area contributed by atoms with Crippen molar-refractivity contribution < 1.29 is 9.53 Å². The van der Waals surface area contributed by atoms with Crippen LogP contribution in [-0.4, -0.2) is 19.1 Å². The van der Waals surface area contributed by atoms with Crippen LogP contribution in [0.15, 0.2) is 18.2 Å². The van der Waals surface area contributed by atoms with Gasteiger partial charge >= 0.3 is 5.97 Å². The van der Waals surface area contributed by atoms with E-state index in [4.69, 9.17) is 16.9 Å². The van der Waals surface area contributed by atoms with Gasteiger partial charge in [-0.1, -0.05) is 11.6 Å². The quantitative estimate of drug-likeness (QED) is 0.820. The van der Waals surface area contributed by atoms with Crippen molar-refractivity contribution in [2.24, 2.45) is 0 Å². The van der Waals surface area contributed by atoms with Crippen LogP contribution in [0.2, 0.25) is 5.02 Å². The second-order valence-corrected chi connectivity index (χ2v) is 3.60. The number of carbonyl (C=O) groups excluding carboxylic acids is 1. The number of nitrogens with zero attached hydrogens (tertiary/aromatic N) is 1. The van der Waals surface area contributed by atoms with Crippen LogP contribution in [0.5, 0.6) is 0 Å². The summed E-state index contributed by atoms with van der Waals surface area (Å²) in [5.41, 5.74) is 1.07. The Bertz CT molecular complexity index is 440. The summed E-state index contributed by atoms with van der Waals surface area (Å²) in [5.74, 6) is -0.361. The summed E-state index contributed by atoms with van der Waals surface area (Å²) in [7, 11) is 1.33. The van der Waals surface area contributed by atoms with E-state index in [-0.39, 0.29) is 5.97 Å². The van der Waals surface area contributed by atoms with Crippen molar-refractivity contribution in [3.05, 3.63) is 28.8 Å². The second kappa shape index (κ2) is 5.38. The Morgan fingerprint density at radius 3 is 2.81 bits per heavy atom. The number of esters is 1. The molecule has 1 atom stereocenters. The zero-order valence-corrected chi connectivity index (χ0v) is 9.71. The van der Waals surface area contributed by atoms with E-state index >= 15 is 0 Å². The van der Waals surface area contributed by atoms with Gasteiger partial charge in [0.25, 0.3) is 0 Å². The van der Waals surface area contributed by atoms with Crippen molar-refractivity contribution in [3.63, 3.8) is 0 Å². The Morgan fingerprint density at radius 2 is 2.31 bits per heavy atom. The molecule has 0 radical (unpaired) electrons. The number of hydrogen-bond donors (Lipinski definition) is 1. The molecular weight excluding hydrogens is 228 g/mol. The third-order valence-corrected chi connectivity index (χ3v) is 2.34. The van der Waals surface area contributed by atoms with Gasteiger partial charge in [-0.15, -0.1) is 0 Å². The number of carbonyl (C=O) groups is 1. The van der Waals surface area contributed by atoms with Crippen LogP contribution in [-0.2, 0) is 9.53 Å². The van der Waals surface area contributed by atoms with Crippen LogP contribution < -0.4 is 5.32 Å². The molecule has 1 unspecified atom stereocenters. The SMILES string of the molecule is COC(=O)C(C)Nc1ccc(C#N)c(Cl)c1. The van der Waals surface area contributed by atoms with Gasteiger partial charge in [-0.3, -0.25) is 0 Å². The Hall–Kier alpha value is -1.73. The van der Waals surface area contributed by atoms with Gasteiger partial charge in [-0.25, -0.2) is 4.79 Å². The monoisotopic (exact) mass is 238 g/mol. The average Bonchev–Trinajstić information content (AvgIpc) is 2.28. The van der Waals surface area contributed by atoms with Crippen molar-refractivity contribution in [2.45, 2.75) is 13.0 Å². The van der Waals surface area contributed by atoms with Crippen molar-refractivity contribution in [2.75, 3.05) is 12.4 Å². The van der Waals surface area contributed by atoms with Gasteiger partial charge in [-0.2, -0.15) is 5.26 Å². The Kier molecular flexibility index (Phi) is 4.15. The van der Waals surface area contributed by atoms with E-state index in [2.05, 4.69) is 10.1 Å². The lowest BCUT2D eigenvalue weighted by molar-refractivity contribution is -0.141. The predicted octanol–water partition coefficient (Wildman–Crippen LogP) is 2.19. The van der Waals surface area contributed by atoms with Crippen LogP contribution in [0.1, 0.15) is 12.5 Å². The van der Waals surface area contributed by atoms with Crippen molar-refractivity contribution in [3.8, 4) is 6.07 Å². The Morgan fingerprint density at radius 1 is 1.62 bits per heavy atom. The van der Waals surface area contributed by atoms with E-state index in [1.807, 2.05) is 6.07 Å². The zero-order valence-electron chi connectivity index (χ0n) is 8.95. The summed E-state index contributed by atoms with van der Waals surface area (Å²) >= 11 is 5.85. The van der Waals surface area contributed by atoms with Gasteiger partial charge in [0.15, 0.2) is 0 Å². The molecule has 0 fully saturated rings. The molecule has 1 aromatic rings. The Balaban J connectivity index is 2.80. The summed E-state index contributed by atoms with van der Waals surface area (Å²) < 4.78 is 4.57. The first kappa shape index (κ1) is 12.3. The molecule has 0 spiro atoms. The van der Waals surface area contributed by atoms with E-state index in [1.54, 1.807) is 25.1 Å². The first-order chi connectivity index (χ1) is 7.58. The van der Waals surface area contributed by atoms with Gasteiger partial charge in [-0.05, 0) is 25.1 Å². The number of rotatable bonds is 3. The first-order valence-electron chi connectivity index (χ1n) is 4.62. The molecule has 0 aliphatic carbocycles. The number of ether oxygens (including phenoxy) is 1. The van der Waals surface area contributed by atoms with Gasteiger partial charge in [0.2, 0.25) is 0 Å².